The van der Waals surface area contributed by atoms with Gasteiger partial charge in [0.25, 0.3) is 5.91 Å². The summed E-state index contributed by atoms with van der Waals surface area (Å²) in [5.74, 6) is -0.859. The van der Waals surface area contributed by atoms with Crippen LogP contribution in [0.2, 0.25) is 0 Å². The number of nitrogens with zero attached hydrogens (tertiary/aromatic N) is 1. The summed E-state index contributed by atoms with van der Waals surface area (Å²) in [4.78, 5) is 29.3. The second-order valence-electron chi connectivity index (χ2n) is 6.15. The molecule has 0 bridgehead atoms. The first-order valence-corrected chi connectivity index (χ1v) is 9.64. The summed E-state index contributed by atoms with van der Waals surface area (Å²) in [6.45, 7) is 0. The van der Waals surface area contributed by atoms with Gasteiger partial charge in [-0.05, 0) is 30.3 Å². The Morgan fingerprint density at radius 1 is 0.897 bits per heavy atom. The number of benzene rings is 3. The van der Waals surface area contributed by atoms with E-state index >= 15 is 0 Å². The van der Waals surface area contributed by atoms with Crippen LogP contribution in [0, 0.1) is 0 Å². The van der Waals surface area contributed by atoms with Crippen LogP contribution < -0.4 is 5.32 Å². The Morgan fingerprint density at radius 2 is 1.59 bits per heavy atom. The van der Waals surface area contributed by atoms with Crippen molar-refractivity contribution in [2.24, 2.45) is 4.99 Å². The Morgan fingerprint density at radius 3 is 2.28 bits per heavy atom. The Kier molecular flexibility index (Phi) is 6.57. The van der Waals surface area contributed by atoms with Gasteiger partial charge >= 0.3 is 5.97 Å². The number of rotatable bonds is 5. The van der Waals surface area contributed by atoms with E-state index in [9.17, 15) is 9.59 Å². The Hall–Kier alpha value is -3.25. The van der Waals surface area contributed by atoms with Gasteiger partial charge in [-0.25, -0.2) is 4.79 Å². The van der Waals surface area contributed by atoms with Crippen molar-refractivity contribution < 1.29 is 14.3 Å². The third-order valence-electron chi connectivity index (χ3n) is 4.30. The van der Waals surface area contributed by atoms with E-state index in [1.807, 2.05) is 36.4 Å². The summed E-state index contributed by atoms with van der Waals surface area (Å²) in [6.07, 6.45) is 0. The lowest BCUT2D eigenvalue weighted by Crippen LogP contribution is -2.16. The molecule has 146 valence electrons. The average molecular weight is 451 g/mol. The van der Waals surface area contributed by atoms with Gasteiger partial charge in [0.2, 0.25) is 0 Å². The molecule has 5 nitrogen and oxygen atoms in total. The fourth-order valence-electron chi connectivity index (χ4n) is 2.93. The molecule has 0 spiro atoms. The number of halogens is 1. The van der Waals surface area contributed by atoms with Gasteiger partial charge in [-0.15, -0.1) is 0 Å². The van der Waals surface area contributed by atoms with E-state index < -0.39 is 5.97 Å². The number of carbonyl (C=O) groups excluding carboxylic acids is 2. The van der Waals surface area contributed by atoms with E-state index in [4.69, 9.17) is 4.74 Å². The molecule has 3 aromatic carbocycles. The molecule has 0 aromatic heterocycles. The van der Waals surface area contributed by atoms with Gasteiger partial charge in [0.1, 0.15) is 0 Å². The maximum atomic E-state index is 12.8. The number of esters is 1. The number of anilines is 1. The minimum absolute atomic E-state index is 0.270. The normalized spacial score (nSPS) is 11.1. The maximum absolute atomic E-state index is 12.8. The Labute approximate surface area is 177 Å². The van der Waals surface area contributed by atoms with Gasteiger partial charge < -0.3 is 10.1 Å². The zero-order chi connectivity index (χ0) is 20.8. The second kappa shape index (κ2) is 9.30. The largest absolute Gasteiger partial charge is 0.465 e. The zero-order valence-electron chi connectivity index (χ0n) is 16.0. The molecule has 6 heteroatoms. The van der Waals surface area contributed by atoms with Crippen molar-refractivity contribution in [3.8, 4) is 0 Å². The average Bonchev–Trinajstić information content (AvgIpc) is 2.76. The molecule has 0 aliphatic carbocycles. The van der Waals surface area contributed by atoms with Crippen LogP contribution in [-0.2, 0) is 4.74 Å². The predicted octanol–water partition coefficient (Wildman–Crippen LogP) is 4.96. The molecular formula is C23H19BrN2O3. The minimum atomic E-state index is -0.528. The van der Waals surface area contributed by atoms with Gasteiger partial charge in [-0.3, -0.25) is 9.79 Å². The standard InChI is InChI=1S/C23H19BrN2O3/c1-25-21(15-7-4-3-5-8-15)16-9-6-10-17(13-16)22(27)26-20-12-11-18(24)14-19(20)23(28)29-2/h3-14H,1-2H3,(H,26,27). The van der Waals surface area contributed by atoms with Crippen molar-refractivity contribution in [2.45, 2.75) is 0 Å². The number of carbonyl (C=O) groups is 2. The fraction of sp³-hybridized carbons (Fsp3) is 0.0870. The van der Waals surface area contributed by atoms with Crippen LogP contribution in [-0.4, -0.2) is 31.7 Å². The number of amides is 1. The summed E-state index contributed by atoms with van der Waals surface area (Å²) in [7, 11) is 3.02. The lowest BCUT2D eigenvalue weighted by Gasteiger charge is -2.12. The lowest BCUT2D eigenvalue weighted by molar-refractivity contribution is 0.0602. The third-order valence-corrected chi connectivity index (χ3v) is 4.80. The summed E-state index contributed by atoms with van der Waals surface area (Å²) in [6, 6.07) is 22.0. The van der Waals surface area contributed by atoms with Gasteiger partial charge in [0.15, 0.2) is 0 Å². The molecule has 0 unspecified atom stereocenters. The van der Waals surface area contributed by atoms with Gasteiger partial charge in [0, 0.05) is 28.2 Å². The van der Waals surface area contributed by atoms with Crippen LogP contribution >= 0.6 is 15.9 Å². The third kappa shape index (κ3) is 4.78. The molecule has 1 N–H and O–H groups in total. The molecule has 0 saturated heterocycles. The van der Waals surface area contributed by atoms with Crippen LogP contribution in [0.1, 0.15) is 31.8 Å². The fourth-order valence-corrected chi connectivity index (χ4v) is 3.29. The maximum Gasteiger partial charge on any atom is 0.340 e. The molecule has 0 fully saturated rings. The van der Waals surface area contributed by atoms with Crippen LogP contribution in [0.5, 0.6) is 0 Å². The molecule has 0 heterocycles. The number of hydrogen-bond donors (Lipinski definition) is 1. The minimum Gasteiger partial charge on any atom is -0.465 e. The quantitative estimate of drug-likeness (QED) is 0.441. The predicted molar refractivity (Wildman–Crippen MR) is 118 cm³/mol. The molecule has 3 aromatic rings. The number of aliphatic imine (C=N–C) groups is 1. The topological polar surface area (TPSA) is 67.8 Å². The summed E-state index contributed by atoms with van der Waals surface area (Å²) < 4.78 is 5.52. The molecule has 3 rings (SSSR count). The monoisotopic (exact) mass is 450 g/mol. The van der Waals surface area contributed by atoms with Crippen molar-refractivity contribution in [1.82, 2.24) is 0 Å². The molecule has 29 heavy (non-hydrogen) atoms. The van der Waals surface area contributed by atoms with Crippen molar-refractivity contribution in [3.05, 3.63) is 99.5 Å². The molecule has 0 saturated carbocycles. The Balaban J connectivity index is 1.90. The number of nitrogens with one attached hydrogen (secondary N) is 1. The first kappa shape index (κ1) is 20.5. The van der Waals surface area contributed by atoms with E-state index in [0.29, 0.717) is 15.7 Å². The summed E-state index contributed by atoms with van der Waals surface area (Å²) >= 11 is 3.33. The van der Waals surface area contributed by atoms with Crippen molar-refractivity contribution in [2.75, 3.05) is 19.5 Å². The molecule has 1 amide bonds. The van der Waals surface area contributed by atoms with Gasteiger partial charge in [0.05, 0.1) is 24.1 Å². The number of hydrogen-bond acceptors (Lipinski definition) is 4. The second-order valence-corrected chi connectivity index (χ2v) is 7.07. The van der Waals surface area contributed by atoms with E-state index in [0.717, 1.165) is 16.8 Å². The highest BCUT2D eigenvalue weighted by atomic mass is 79.9. The zero-order valence-corrected chi connectivity index (χ0v) is 17.6. The summed E-state index contributed by atoms with van der Waals surface area (Å²) in [5.41, 5.74) is 3.69. The van der Waals surface area contributed by atoms with Crippen molar-refractivity contribution >= 4 is 39.2 Å². The van der Waals surface area contributed by atoms with E-state index in [1.165, 1.54) is 7.11 Å². The number of ether oxygens (including phenoxy) is 1. The molecule has 0 atom stereocenters. The van der Waals surface area contributed by atoms with Gasteiger partial charge in [-0.2, -0.15) is 0 Å². The van der Waals surface area contributed by atoms with Crippen LogP contribution in [0.25, 0.3) is 0 Å². The van der Waals surface area contributed by atoms with E-state index in [1.54, 1.807) is 43.4 Å². The van der Waals surface area contributed by atoms with Gasteiger partial charge in [-0.1, -0.05) is 58.4 Å². The lowest BCUT2D eigenvalue weighted by atomic mass is 10.00. The molecular weight excluding hydrogens is 432 g/mol. The van der Waals surface area contributed by atoms with Crippen LogP contribution in [0.4, 0.5) is 5.69 Å². The van der Waals surface area contributed by atoms with E-state index in [2.05, 4.69) is 26.2 Å². The number of methoxy groups -OCH3 is 1. The van der Waals surface area contributed by atoms with Crippen molar-refractivity contribution in [3.63, 3.8) is 0 Å². The van der Waals surface area contributed by atoms with Crippen LogP contribution in [0.15, 0.2) is 82.3 Å². The molecule has 0 aliphatic heterocycles. The van der Waals surface area contributed by atoms with Crippen LogP contribution in [0.3, 0.4) is 0 Å². The molecule has 0 aliphatic rings. The van der Waals surface area contributed by atoms with Crippen molar-refractivity contribution in [1.29, 1.82) is 0 Å². The highest BCUT2D eigenvalue weighted by Crippen LogP contribution is 2.23. The smallest absolute Gasteiger partial charge is 0.340 e. The first-order valence-electron chi connectivity index (χ1n) is 8.85. The van der Waals surface area contributed by atoms with E-state index in [-0.39, 0.29) is 11.5 Å². The summed E-state index contributed by atoms with van der Waals surface area (Å²) in [5, 5.41) is 2.79. The SMILES string of the molecule is CN=C(c1ccccc1)c1cccc(C(=O)Nc2ccc(Br)cc2C(=O)OC)c1. The first-order chi connectivity index (χ1) is 14.0. The molecule has 0 radical (unpaired) electrons. The highest BCUT2D eigenvalue weighted by molar-refractivity contribution is 9.10. The Bertz CT molecular complexity index is 1080. The highest BCUT2D eigenvalue weighted by Gasteiger charge is 2.16.